The normalized spacial score (nSPS) is 11.8. The number of methoxy groups -OCH3 is 1. The third-order valence-corrected chi connectivity index (χ3v) is 5.42. The van der Waals surface area contributed by atoms with Gasteiger partial charge >= 0.3 is 5.97 Å². The number of benzene rings is 1. The number of hydrogen-bond acceptors (Lipinski definition) is 4. The summed E-state index contributed by atoms with van der Waals surface area (Å²) in [5, 5.41) is 11.6. The molecule has 5 nitrogen and oxygen atoms in total. The summed E-state index contributed by atoms with van der Waals surface area (Å²) in [5.74, 6) is -0.483. The van der Waals surface area contributed by atoms with Gasteiger partial charge in [-0.05, 0) is 18.4 Å². The molecule has 0 spiro atoms. The van der Waals surface area contributed by atoms with E-state index in [2.05, 4.69) is 5.32 Å². The fourth-order valence-electron chi connectivity index (χ4n) is 3.62. The SMILES string of the molecule is COC(=O)[C@H](Cc1ccccc1)NC(=O)CCCCCCCCCCCCCCO. The van der Waals surface area contributed by atoms with Crippen molar-refractivity contribution in [3.63, 3.8) is 0 Å². The minimum atomic E-state index is -0.631. The van der Waals surface area contributed by atoms with Gasteiger partial charge in [0.1, 0.15) is 6.04 Å². The second-order valence-corrected chi connectivity index (χ2v) is 8.05. The lowest BCUT2D eigenvalue weighted by molar-refractivity contribution is -0.145. The molecular weight excluding hydrogens is 378 g/mol. The van der Waals surface area contributed by atoms with E-state index in [1.807, 2.05) is 30.3 Å². The summed E-state index contributed by atoms with van der Waals surface area (Å²) in [7, 11) is 1.35. The molecule has 0 bridgehead atoms. The van der Waals surface area contributed by atoms with Crippen LogP contribution in [0.1, 0.15) is 89.0 Å². The Morgan fingerprint density at radius 3 is 1.83 bits per heavy atom. The molecule has 170 valence electrons. The van der Waals surface area contributed by atoms with Gasteiger partial charge in [0.2, 0.25) is 5.91 Å². The Bertz CT molecular complexity index is 562. The van der Waals surface area contributed by atoms with Crippen molar-refractivity contribution < 1.29 is 19.4 Å². The number of aliphatic hydroxyl groups is 1. The molecule has 0 radical (unpaired) electrons. The van der Waals surface area contributed by atoms with Crippen molar-refractivity contribution in [3.05, 3.63) is 35.9 Å². The zero-order chi connectivity index (χ0) is 21.9. The Balaban J connectivity index is 2.06. The fraction of sp³-hybridized carbons (Fsp3) is 0.680. The molecule has 5 heteroatoms. The Labute approximate surface area is 182 Å². The zero-order valence-electron chi connectivity index (χ0n) is 18.7. The molecule has 1 aromatic carbocycles. The summed E-state index contributed by atoms with van der Waals surface area (Å²) in [5.41, 5.74) is 0.998. The van der Waals surface area contributed by atoms with E-state index in [1.165, 1.54) is 52.1 Å². The molecule has 1 rings (SSSR count). The Morgan fingerprint density at radius 2 is 1.33 bits per heavy atom. The van der Waals surface area contributed by atoms with Crippen LogP contribution in [-0.2, 0) is 20.7 Å². The van der Waals surface area contributed by atoms with E-state index in [1.54, 1.807) is 0 Å². The quantitative estimate of drug-likeness (QED) is 0.261. The van der Waals surface area contributed by atoms with Crippen LogP contribution in [0.2, 0.25) is 0 Å². The number of carbonyl (C=O) groups is 2. The van der Waals surface area contributed by atoms with E-state index in [9.17, 15) is 9.59 Å². The predicted octanol–water partition coefficient (Wildman–Crippen LogP) is 4.95. The third-order valence-electron chi connectivity index (χ3n) is 5.42. The number of amides is 1. The molecule has 0 fully saturated rings. The van der Waals surface area contributed by atoms with Crippen LogP contribution in [0.15, 0.2) is 30.3 Å². The van der Waals surface area contributed by atoms with Gasteiger partial charge in [-0.3, -0.25) is 4.79 Å². The van der Waals surface area contributed by atoms with E-state index < -0.39 is 12.0 Å². The molecule has 2 N–H and O–H groups in total. The highest BCUT2D eigenvalue weighted by Crippen LogP contribution is 2.12. The van der Waals surface area contributed by atoms with Gasteiger partial charge < -0.3 is 15.2 Å². The van der Waals surface area contributed by atoms with Gasteiger partial charge in [-0.1, -0.05) is 94.5 Å². The van der Waals surface area contributed by atoms with Crippen LogP contribution >= 0.6 is 0 Å². The molecule has 0 aliphatic heterocycles. The van der Waals surface area contributed by atoms with Crippen LogP contribution in [0.25, 0.3) is 0 Å². The summed E-state index contributed by atoms with van der Waals surface area (Å²) >= 11 is 0. The molecule has 0 heterocycles. The molecule has 0 aliphatic carbocycles. The molecule has 30 heavy (non-hydrogen) atoms. The number of unbranched alkanes of at least 4 members (excludes halogenated alkanes) is 11. The number of hydrogen-bond donors (Lipinski definition) is 2. The maximum atomic E-state index is 12.2. The Morgan fingerprint density at radius 1 is 0.833 bits per heavy atom. The number of esters is 1. The summed E-state index contributed by atoms with van der Waals surface area (Å²) in [4.78, 5) is 24.2. The van der Waals surface area contributed by atoms with Crippen molar-refractivity contribution in [2.75, 3.05) is 13.7 Å². The van der Waals surface area contributed by atoms with Crippen molar-refractivity contribution in [1.82, 2.24) is 5.32 Å². The molecule has 1 amide bonds. The second kappa shape index (κ2) is 17.9. The first-order chi connectivity index (χ1) is 14.7. The lowest BCUT2D eigenvalue weighted by Crippen LogP contribution is -2.43. The average Bonchev–Trinajstić information content (AvgIpc) is 2.76. The minimum absolute atomic E-state index is 0.0810. The second-order valence-electron chi connectivity index (χ2n) is 8.05. The first-order valence-corrected chi connectivity index (χ1v) is 11.7. The fourth-order valence-corrected chi connectivity index (χ4v) is 3.62. The number of rotatable bonds is 18. The van der Waals surface area contributed by atoms with Crippen LogP contribution in [0, 0.1) is 0 Å². The lowest BCUT2D eigenvalue weighted by Gasteiger charge is -2.16. The number of aliphatic hydroxyl groups excluding tert-OH is 1. The maximum Gasteiger partial charge on any atom is 0.328 e. The van der Waals surface area contributed by atoms with E-state index in [4.69, 9.17) is 9.84 Å². The van der Waals surface area contributed by atoms with E-state index >= 15 is 0 Å². The van der Waals surface area contributed by atoms with Gasteiger partial charge in [0, 0.05) is 19.4 Å². The number of carbonyl (C=O) groups excluding carboxylic acids is 2. The molecule has 0 aliphatic rings. The summed E-state index contributed by atoms with van der Waals surface area (Å²) in [6.45, 7) is 0.321. The molecule has 0 unspecified atom stereocenters. The number of nitrogens with one attached hydrogen (secondary N) is 1. The Hall–Kier alpha value is -1.88. The molecule has 1 atom stereocenters. The van der Waals surface area contributed by atoms with Gasteiger partial charge in [-0.25, -0.2) is 4.79 Å². The topological polar surface area (TPSA) is 75.6 Å². The van der Waals surface area contributed by atoms with Crippen LogP contribution in [-0.4, -0.2) is 36.7 Å². The van der Waals surface area contributed by atoms with Crippen molar-refractivity contribution in [1.29, 1.82) is 0 Å². The summed E-state index contributed by atoms with van der Waals surface area (Å²) in [6, 6.07) is 9.03. The smallest absolute Gasteiger partial charge is 0.328 e. The number of ether oxygens (including phenoxy) is 1. The van der Waals surface area contributed by atoms with Crippen molar-refractivity contribution in [3.8, 4) is 0 Å². The zero-order valence-corrected chi connectivity index (χ0v) is 18.7. The van der Waals surface area contributed by atoms with Gasteiger partial charge in [0.05, 0.1) is 7.11 Å². The summed E-state index contributed by atoms with van der Waals surface area (Å²) < 4.78 is 4.84. The first-order valence-electron chi connectivity index (χ1n) is 11.7. The highest BCUT2D eigenvalue weighted by atomic mass is 16.5. The average molecular weight is 420 g/mol. The molecule has 0 saturated heterocycles. The van der Waals surface area contributed by atoms with Gasteiger partial charge in [-0.2, -0.15) is 0 Å². The molecule has 1 aromatic rings. The summed E-state index contributed by atoms with van der Waals surface area (Å²) in [6.07, 6.45) is 15.0. The third kappa shape index (κ3) is 13.4. The van der Waals surface area contributed by atoms with Crippen molar-refractivity contribution in [2.45, 2.75) is 95.9 Å². The van der Waals surface area contributed by atoms with E-state index in [0.29, 0.717) is 19.4 Å². The van der Waals surface area contributed by atoms with Crippen LogP contribution in [0.4, 0.5) is 0 Å². The maximum absolute atomic E-state index is 12.2. The van der Waals surface area contributed by atoms with Crippen molar-refractivity contribution in [2.24, 2.45) is 0 Å². The highest BCUT2D eigenvalue weighted by Gasteiger charge is 2.21. The molecular formula is C25H41NO4. The van der Waals surface area contributed by atoms with Gasteiger partial charge in [0.15, 0.2) is 0 Å². The largest absolute Gasteiger partial charge is 0.467 e. The molecule has 0 aromatic heterocycles. The van der Waals surface area contributed by atoms with Crippen LogP contribution in [0.5, 0.6) is 0 Å². The van der Waals surface area contributed by atoms with E-state index in [0.717, 1.165) is 37.7 Å². The van der Waals surface area contributed by atoms with Crippen LogP contribution < -0.4 is 5.32 Å². The van der Waals surface area contributed by atoms with Crippen molar-refractivity contribution >= 4 is 11.9 Å². The lowest BCUT2D eigenvalue weighted by atomic mass is 10.0. The standard InChI is InChI=1S/C25H41NO4/c1-30-25(29)23(21-22-17-13-12-14-18-22)26-24(28)19-15-10-8-6-4-2-3-5-7-9-11-16-20-27/h12-14,17-18,23,27H,2-11,15-16,19-21H2,1H3,(H,26,28)/t23-/m0/s1. The first kappa shape index (κ1) is 26.2. The van der Waals surface area contributed by atoms with Gasteiger partial charge in [-0.15, -0.1) is 0 Å². The molecule has 0 saturated carbocycles. The minimum Gasteiger partial charge on any atom is -0.467 e. The van der Waals surface area contributed by atoms with Crippen LogP contribution in [0.3, 0.4) is 0 Å². The Kier molecular flexibility index (Phi) is 15.6. The van der Waals surface area contributed by atoms with E-state index in [-0.39, 0.29) is 5.91 Å². The predicted molar refractivity (Wildman–Crippen MR) is 121 cm³/mol. The highest BCUT2D eigenvalue weighted by molar-refractivity contribution is 5.84. The van der Waals surface area contributed by atoms with Gasteiger partial charge in [0.25, 0.3) is 0 Å². The monoisotopic (exact) mass is 419 g/mol.